The first-order valence-corrected chi connectivity index (χ1v) is 5.62. The van der Waals surface area contributed by atoms with Gasteiger partial charge in [-0.15, -0.1) is 0 Å². The summed E-state index contributed by atoms with van der Waals surface area (Å²) in [4.78, 5) is 0. The molecule has 2 atom stereocenters. The molecule has 0 bridgehead atoms. The van der Waals surface area contributed by atoms with Gasteiger partial charge in [-0.3, -0.25) is 11.3 Å². The van der Waals surface area contributed by atoms with Crippen LogP contribution in [0.25, 0.3) is 0 Å². The van der Waals surface area contributed by atoms with E-state index in [1.54, 1.807) is 0 Å². The van der Waals surface area contributed by atoms with Gasteiger partial charge < -0.3 is 9.47 Å². The SMILES string of the molecule is NNC(COc1ccccc1)C1CCOC1. The smallest absolute Gasteiger partial charge is 0.119 e. The molecular weight excluding hydrogens is 204 g/mol. The van der Waals surface area contributed by atoms with E-state index in [9.17, 15) is 0 Å². The highest BCUT2D eigenvalue weighted by molar-refractivity contribution is 5.20. The first-order valence-electron chi connectivity index (χ1n) is 5.62. The molecule has 1 heterocycles. The van der Waals surface area contributed by atoms with Gasteiger partial charge in [-0.2, -0.15) is 0 Å². The molecule has 0 saturated carbocycles. The molecule has 0 radical (unpaired) electrons. The quantitative estimate of drug-likeness (QED) is 0.575. The molecule has 3 N–H and O–H groups in total. The second-order valence-electron chi connectivity index (χ2n) is 4.02. The molecule has 88 valence electrons. The maximum atomic E-state index is 5.67. The van der Waals surface area contributed by atoms with Crippen molar-refractivity contribution >= 4 is 0 Å². The van der Waals surface area contributed by atoms with Gasteiger partial charge in [-0.05, 0) is 18.6 Å². The first-order chi connectivity index (χ1) is 7.90. The van der Waals surface area contributed by atoms with Crippen LogP contribution in [-0.2, 0) is 4.74 Å². The Kier molecular flexibility index (Phi) is 4.16. The largest absolute Gasteiger partial charge is 0.492 e. The van der Waals surface area contributed by atoms with Crippen molar-refractivity contribution in [2.75, 3.05) is 19.8 Å². The molecule has 0 aliphatic carbocycles. The van der Waals surface area contributed by atoms with Gasteiger partial charge in [0.15, 0.2) is 0 Å². The predicted molar refractivity (Wildman–Crippen MR) is 62.0 cm³/mol. The minimum absolute atomic E-state index is 0.155. The number of nitrogens with one attached hydrogen (secondary N) is 1. The van der Waals surface area contributed by atoms with E-state index in [2.05, 4.69) is 5.43 Å². The summed E-state index contributed by atoms with van der Waals surface area (Å²) in [7, 11) is 0. The molecule has 1 aliphatic rings. The number of hydrogen-bond acceptors (Lipinski definition) is 4. The highest BCUT2D eigenvalue weighted by atomic mass is 16.5. The Labute approximate surface area is 95.7 Å². The van der Waals surface area contributed by atoms with Crippen molar-refractivity contribution in [2.24, 2.45) is 11.8 Å². The van der Waals surface area contributed by atoms with E-state index in [0.29, 0.717) is 12.5 Å². The van der Waals surface area contributed by atoms with Crippen LogP contribution in [0.2, 0.25) is 0 Å². The lowest BCUT2D eigenvalue weighted by atomic mass is 10.0. The van der Waals surface area contributed by atoms with Gasteiger partial charge in [0.1, 0.15) is 12.4 Å². The van der Waals surface area contributed by atoms with Crippen LogP contribution in [-0.4, -0.2) is 25.9 Å². The third-order valence-electron chi connectivity index (χ3n) is 2.92. The zero-order chi connectivity index (χ0) is 11.2. The highest BCUT2D eigenvalue weighted by Crippen LogP contribution is 2.17. The predicted octanol–water partition coefficient (Wildman–Crippen LogP) is 0.934. The summed E-state index contributed by atoms with van der Waals surface area (Å²) in [5.74, 6) is 6.86. The number of nitrogens with two attached hydrogens (primary N) is 1. The molecule has 1 aromatic carbocycles. The second-order valence-corrected chi connectivity index (χ2v) is 4.02. The molecule has 0 amide bonds. The number of hydrazine groups is 1. The van der Waals surface area contributed by atoms with Gasteiger partial charge in [-0.1, -0.05) is 18.2 Å². The fraction of sp³-hybridized carbons (Fsp3) is 0.500. The van der Waals surface area contributed by atoms with Gasteiger partial charge in [-0.25, -0.2) is 0 Å². The lowest BCUT2D eigenvalue weighted by Gasteiger charge is -2.21. The van der Waals surface area contributed by atoms with Crippen LogP contribution >= 0.6 is 0 Å². The van der Waals surface area contributed by atoms with Gasteiger partial charge >= 0.3 is 0 Å². The van der Waals surface area contributed by atoms with Crippen molar-refractivity contribution < 1.29 is 9.47 Å². The van der Waals surface area contributed by atoms with Crippen LogP contribution in [0.1, 0.15) is 6.42 Å². The maximum Gasteiger partial charge on any atom is 0.119 e. The molecule has 2 unspecified atom stereocenters. The van der Waals surface area contributed by atoms with E-state index in [1.165, 1.54) is 0 Å². The van der Waals surface area contributed by atoms with Crippen LogP contribution in [0.5, 0.6) is 5.75 Å². The summed E-state index contributed by atoms with van der Waals surface area (Å²) in [5.41, 5.74) is 2.81. The molecule has 0 aromatic heterocycles. The van der Waals surface area contributed by atoms with Crippen LogP contribution in [0.4, 0.5) is 0 Å². The third-order valence-corrected chi connectivity index (χ3v) is 2.92. The van der Waals surface area contributed by atoms with E-state index in [0.717, 1.165) is 25.4 Å². The molecule has 1 fully saturated rings. The minimum atomic E-state index is 0.155. The molecule has 4 heteroatoms. The van der Waals surface area contributed by atoms with Crippen LogP contribution in [0.15, 0.2) is 30.3 Å². The number of ether oxygens (including phenoxy) is 2. The summed E-state index contributed by atoms with van der Waals surface area (Å²) < 4.78 is 11.0. The Hall–Kier alpha value is -1.10. The third kappa shape index (κ3) is 2.95. The number of rotatable bonds is 5. The molecule has 1 aliphatic heterocycles. The second kappa shape index (κ2) is 5.84. The van der Waals surface area contributed by atoms with Crippen molar-refractivity contribution in [1.82, 2.24) is 5.43 Å². The van der Waals surface area contributed by atoms with Gasteiger partial charge in [0.2, 0.25) is 0 Å². The summed E-state index contributed by atoms with van der Waals surface area (Å²) in [6.07, 6.45) is 1.05. The van der Waals surface area contributed by atoms with Crippen molar-refractivity contribution in [3.05, 3.63) is 30.3 Å². The Morgan fingerprint density at radius 3 is 2.88 bits per heavy atom. The van der Waals surface area contributed by atoms with Gasteiger partial charge in [0.25, 0.3) is 0 Å². The molecule has 16 heavy (non-hydrogen) atoms. The average molecular weight is 222 g/mol. The summed E-state index contributed by atoms with van der Waals surface area (Å²) in [6.45, 7) is 2.18. The summed E-state index contributed by atoms with van der Waals surface area (Å²) in [5, 5.41) is 0. The van der Waals surface area contributed by atoms with Crippen molar-refractivity contribution in [3.8, 4) is 5.75 Å². The highest BCUT2D eigenvalue weighted by Gasteiger charge is 2.25. The van der Waals surface area contributed by atoms with E-state index in [1.807, 2.05) is 30.3 Å². The average Bonchev–Trinajstić information content (AvgIpc) is 2.85. The normalized spacial score (nSPS) is 21.9. The van der Waals surface area contributed by atoms with E-state index in [-0.39, 0.29) is 6.04 Å². The first kappa shape index (κ1) is 11.4. The lowest BCUT2D eigenvalue weighted by molar-refractivity contribution is 0.160. The number of hydrogen-bond donors (Lipinski definition) is 2. The monoisotopic (exact) mass is 222 g/mol. The topological polar surface area (TPSA) is 56.5 Å². The number of para-hydroxylation sites is 1. The van der Waals surface area contributed by atoms with Crippen molar-refractivity contribution in [3.63, 3.8) is 0 Å². The molecule has 2 rings (SSSR count). The zero-order valence-corrected chi connectivity index (χ0v) is 9.26. The Bertz CT molecular complexity index is 299. The molecule has 1 aromatic rings. The molecule has 4 nitrogen and oxygen atoms in total. The van der Waals surface area contributed by atoms with Crippen LogP contribution in [0, 0.1) is 5.92 Å². The molecule has 1 saturated heterocycles. The Morgan fingerprint density at radius 2 is 2.25 bits per heavy atom. The van der Waals surface area contributed by atoms with Gasteiger partial charge in [0, 0.05) is 12.5 Å². The standard InChI is InChI=1S/C12H18N2O2/c13-14-12(10-6-7-15-8-10)9-16-11-4-2-1-3-5-11/h1-5,10,12,14H,6-9,13H2. The van der Waals surface area contributed by atoms with E-state index in [4.69, 9.17) is 15.3 Å². The molecular formula is C12H18N2O2. The van der Waals surface area contributed by atoms with Crippen molar-refractivity contribution in [1.29, 1.82) is 0 Å². The van der Waals surface area contributed by atoms with E-state index >= 15 is 0 Å². The van der Waals surface area contributed by atoms with Crippen LogP contribution in [0.3, 0.4) is 0 Å². The summed E-state index contributed by atoms with van der Waals surface area (Å²) >= 11 is 0. The van der Waals surface area contributed by atoms with Crippen LogP contribution < -0.4 is 16.0 Å². The van der Waals surface area contributed by atoms with Crippen molar-refractivity contribution in [2.45, 2.75) is 12.5 Å². The van der Waals surface area contributed by atoms with E-state index < -0.39 is 0 Å². The fourth-order valence-electron chi connectivity index (χ4n) is 1.89. The lowest BCUT2D eigenvalue weighted by Crippen LogP contribution is -2.45. The van der Waals surface area contributed by atoms with Gasteiger partial charge in [0.05, 0.1) is 12.6 Å². The zero-order valence-electron chi connectivity index (χ0n) is 9.26. The minimum Gasteiger partial charge on any atom is -0.492 e. The summed E-state index contributed by atoms with van der Waals surface area (Å²) in [6, 6.07) is 9.92. The fourth-order valence-corrected chi connectivity index (χ4v) is 1.89. The number of benzene rings is 1. The Morgan fingerprint density at radius 1 is 1.44 bits per heavy atom. The molecule has 0 spiro atoms. The Balaban J connectivity index is 1.83. The maximum absolute atomic E-state index is 5.67.